The number of furan rings is 1. The van der Waals surface area contributed by atoms with Crippen LogP contribution in [0.15, 0.2) is 28.7 Å². The summed E-state index contributed by atoms with van der Waals surface area (Å²) in [5, 5.41) is 2.98. The number of halogens is 1. The maximum Gasteiger partial charge on any atom is 0.255 e. The molecule has 1 saturated heterocycles. The van der Waals surface area contributed by atoms with Gasteiger partial charge in [-0.05, 0) is 49.9 Å². The lowest BCUT2D eigenvalue weighted by molar-refractivity contribution is 0.0924. The van der Waals surface area contributed by atoms with Crippen LogP contribution in [-0.2, 0) is 6.42 Å². The van der Waals surface area contributed by atoms with Gasteiger partial charge < -0.3 is 14.6 Å². The summed E-state index contributed by atoms with van der Waals surface area (Å²) < 4.78 is 18.7. The Kier molecular flexibility index (Phi) is 4.72. The van der Waals surface area contributed by atoms with Crippen molar-refractivity contribution in [3.8, 4) is 0 Å². The topological polar surface area (TPSA) is 62.6 Å². The first kappa shape index (κ1) is 17.8. The fraction of sp³-hybridized carbons (Fsp3) is 0.429. The number of ketones is 1. The maximum atomic E-state index is 13.1. The van der Waals surface area contributed by atoms with Crippen LogP contribution in [0, 0.1) is 18.7 Å². The minimum atomic E-state index is -0.241. The average molecular weight is 370 g/mol. The molecule has 1 aromatic carbocycles. The van der Waals surface area contributed by atoms with Crippen molar-refractivity contribution in [1.29, 1.82) is 0 Å². The molecule has 1 N–H and O–H groups in total. The fourth-order valence-electron chi connectivity index (χ4n) is 4.09. The second-order valence-corrected chi connectivity index (χ2v) is 7.40. The van der Waals surface area contributed by atoms with E-state index in [4.69, 9.17) is 4.42 Å². The molecule has 1 fully saturated rings. The molecule has 0 spiro atoms. The molecule has 27 heavy (non-hydrogen) atoms. The number of benzene rings is 1. The van der Waals surface area contributed by atoms with Crippen molar-refractivity contribution in [3.05, 3.63) is 52.7 Å². The number of carbonyl (C=O) groups is 2. The Bertz CT molecular complexity index is 872. The third-order valence-corrected chi connectivity index (χ3v) is 5.50. The Morgan fingerprint density at radius 3 is 2.85 bits per heavy atom. The number of amides is 1. The van der Waals surface area contributed by atoms with Crippen molar-refractivity contribution in [2.75, 3.05) is 24.5 Å². The molecular formula is C21H23FN2O3. The van der Waals surface area contributed by atoms with Crippen molar-refractivity contribution in [1.82, 2.24) is 5.32 Å². The van der Waals surface area contributed by atoms with Gasteiger partial charge in [-0.15, -0.1) is 0 Å². The molecule has 2 aliphatic rings. The number of anilines is 1. The Morgan fingerprint density at radius 1 is 1.30 bits per heavy atom. The normalized spacial score (nSPS) is 19.3. The number of aryl methyl sites for hydroxylation is 2. The van der Waals surface area contributed by atoms with E-state index >= 15 is 0 Å². The number of Topliss-reactive ketones (excluding diaryl/α,β-unsaturated/α-hetero) is 1. The fourth-order valence-corrected chi connectivity index (χ4v) is 4.09. The third-order valence-electron chi connectivity index (χ3n) is 5.50. The second-order valence-electron chi connectivity index (χ2n) is 7.40. The van der Waals surface area contributed by atoms with Crippen LogP contribution in [0.4, 0.5) is 10.1 Å². The lowest BCUT2D eigenvalue weighted by Gasteiger charge is -2.19. The molecule has 1 aliphatic carbocycles. The highest BCUT2D eigenvalue weighted by Crippen LogP contribution is 2.30. The highest BCUT2D eigenvalue weighted by atomic mass is 19.1. The zero-order valence-electron chi connectivity index (χ0n) is 15.4. The third kappa shape index (κ3) is 3.48. The lowest BCUT2D eigenvalue weighted by atomic mass is 9.93. The first-order valence-electron chi connectivity index (χ1n) is 9.47. The molecule has 6 heteroatoms. The second kappa shape index (κ2) is 7.18. The molecule has 0 radical (unpaired) electrons. The smallest absolute Gasteiger partial charge is 0.255 e. The minimum absolute atomic E-state index is 0.00148. The first-order valence-corrected chi connectivity index (χ1v) is 9.47. The van der Waals surface area contributed by atoms with Gasteiger partial charge in [-0.1, -0.05) is 0 Å². The molecule has 2 aromatic rings. The number of nitrogens with one attached hydrogen (secondary N) is 1. The summed E-state index contributed by atoms with van der Waals surface area (Å²) in [5.74, 6) is 1.02. The summed E-state index contributed by atoms with van der Waals surface area (Å²) in [6.07, 6.45) is 2.92. The van der Waals surface area contributed by atoms with Crippen LogP contribution in [-0.4, -0.2) is 31.3 Å². The van der Waals surface area contributed by atoms with E-state index in [0.717, 1.165) is 31.6 Å². The molecule has 1 aliphatic heterocycles. The van der Waals surface area contributed by atoms with Gasteiger partial charge in [-0.3, -0.25) is 9.59 Å². The zero-order valence-corrected chi connectivity index (χ0v) is 15.4. The van der Waals surface area contributed by atoms with E-state index in [0.29, 0.717) is 48.0 Å². The van der Waals surface area contributed by atoms with Gasteiger partial charge in [0.1, 0.15) is 17.3 Å². The van der Waals surface area contributed by atoms with Gasteiger partial charge in [0.15, 0.2) is 5.78 Å². The standard InChI is InChI=1S/C21H23FN2O3/c1-13-19(20-17(25)3-2-4-18(20)27-13)21(26)23-11-14-9-10-24(12-14)16-7-5-15(22)6-8-16/h5-8,14H,2-4,9-12H2,1H3,(H,23,26). The summed E-state index contributed by atoms with van der Waals surface area (Å²) in [7, 11) is 0. The molecule has 1 atom stereocenters. The Labute approximate surface area is 157 Å². The molecule has 0 bridgehead atoms. The molecule has 5 nitrogen and oxygen atoms in total. The Hall–Kier alpha value is -2.63. The molecule has 1 unspecified atom stereocenters. The summed E-state index contributed by atoms with van der Waals surface area (Å²) in [6.45, 7) is 3.98. The van der Waals surface area contributed by atoms with Gasteiger partial charge >= 0.3 is 0 Å². The van der Waals surface area contributed by atoms with Crippen LogP contribution >= 0.6 is 0 Å². The van der Waals surface area contributed by atoms with Gasteiger partial charge in [0.2, 0.25) is 0 Å². The van der Waals surface area contributed by atoms with Crippen molar-refractivity contribution in [2.24, 2.45) is 5.92 Å². The number of hydrogen-bond acceptors (Lipinski definition) is 4. The van der Waals surface area contributed by atoms with Gasteiger partial charge in [-0.25, -0.2) is 4.39 Å². The van der Waals surface area contributed by atoms with Gasteiger partial charge in [0.25, 0.3) is 5.91 Å². The number of rotatable bonds is 4. The van der Waals surface area contributed by atoms with Gasteiger partial charge in [0, 0.05) is 38.2 Å². The first-order chi connectivity index (χ1) is 13.0. The van der Waals surface area contributed by atoms with E-state index in [2.05, 4.69) is 10.2 Å². The SMILES string of the molecule is Cc1oc2c(c1C(=O)NCC1CCN(c3ccc(F)cc3)C1)C(=O)CCC2. The van der Waals surface area contributed by atoms with Crippen LogP contribution in [0.5, 0.6) is 0 Å². The monoisotopic (exact) mass is 370 g/mol. The Balaban J connectivity index is 1.39. The predicted octanol–water partition coefficient (Wildman–Crippen LogP) is 3.50. The maximum absolute atomic E-state index is 13.1. The number of fused-ring (bicyclic) bond motifs is 1. The molecule has 0 saturated carbocycles. The van der Waals surface area contributed by atoms with Gasteiger partial charge in [0.05, 0.1) is 11.1 Å². The quantitative estimate of drug-likeness (QED) is 0.895. The number of nitrogens with zero attached hydrogens (tertiary/aromatic N) is 1. The Morgan fingerprint density at radius 2 is 2.07 bits per heavy atom. The number of hydrogen-bond donors (Lipinski definition) is 1. The molecule has 1 amide bonds. The van der Waals surface area contributed by atoms with Crippen molar-refractivity contribution < 1.29 is 18.4 Å². The highest BCUT2D eigenvalue weighted by Gasteiger charge is 2.31. The summed E-state index contributed by atoms with van der Waals surface area (Å²) in [4.78, 5) is 27.1. The van der Waals surface area contributed by atoms with E-state index in [1.54, 1.807) is 19.1 Å². The summed E-state index contributed by atoms with van der Waals surface area (Å²) >= 11 is 0. The van der Waals surface area contributed by atoms with Crippen LogP contribution < -0.4 is 10.2 Å². The van der Waals surface area contributed by atoms with Crippen molar-refractivity contribution >= 4 is 17.4 Å². The highest BCUT2D eigenvalue weighted by molar-refractivity contribution is 6.10. The van der Waals surface area contributed by atoms with E-state index in [-0.39, 0.29) is 17.5 Å². The van der Waals surface area contributed by atoms with E-state index in [1.807, 2.05) is 0 Å². The van der Waals surface area contributed by atoms with E-state index in [1.165, 1.54) is 12.1 Å². The van der Waals surface area contributed by atoms with Crippen LogP contribution in [0.3, 0.4) is 0 Å². The number of carbonyl (C=O) groups excluding carboxylic acids is 2. The predicted molar refractivity (Wildman–Crippen MR) is 99.8 cm³/mol. The van der Waals surface area contributed by atoms with Crippen LogP contribution in [0.1, 0.15) is 51.5 Å². The largest absolute Gasteiger partial charge is 0.465 e. The molecule has 142 valence electrons. The van der Waals surface area contributed by atoms with E-state index in [9.17, 15) is 14.0 Å². The molecular weight excluding hydrogens is 347 g/mol. The summed E-state index contributed by atoms with van der Waals surface area (Å²) in [6, 6.07) is 6.49. The van der Waals surface area contributed by atoms with E-state index < -0.39 is 0 Å². The molecule has 4 rings (SSSR count). The molecule has 1 aromatic heterocycles. The van der Waals surface area contributed by atoms with Crippen LogP contribution in [0.2, 0.25) is 0 Å². The molecule has 2 heterocycles. The van der Waals surface area contributed by atoms with Crippen LogP contribution in [0.25, 0.3) is 0 Å². The van der Waals surface area contributed by atoms with Gasteiger partial charge in [-0.2, -0.15) is 0 Å². The average Bonchev–Trinajstić information content (AvgIpc) is 3.25. The van der Waals surface area contributed by atoms with Crippen molar-refractivity contribution in [2.45, 2.75) is 32.6 Å². The minimum Gasteiger partial charge on any atom is -0.465 e. The van der Waals surface area contributed by atoms with Crippen molar-refractivity contribution in [3.63, 3.8) is 0 Å². The summed E-state index contributed by atoms with van der Waals surface area (Å²) in [5.41, 5.74) is 1.88. The zero-order chi connectivity index (χ0) is 19.0. The lowest BCUT2D eigenvalue weighted by Crippen LogP contribution is -2.32.